The Labute approximate surface area is 151 Å². The van der Waals surface area contributed by atoms with Crippen LogP contribution in [0.4, 0.5) is 0 Å². The molecule has 0 aliphatic carbocycles. The van der Waals surface area contributed by atoms with Gasteiger partial charge in [-0.05, 0) is 39.4 Å². The summed E-state index contributed by atoms with van der Waals surface area (Å²) in [5, 5.41) is 0. The Morgan fingerprint density at radius 3 is 1.96 bits per heavy atom. The van der Waals surface area contributed by atoms with Crippen molar-refractivity contribution in [3.05, 3.63) is 35.4 Å². The molecule has 0 unspecified atom stereocenters. The minimum absolute atomic E-state index is 0.195. The van der Waals surface area contributed by atoms with E-state index in [0.717, 1.165) is 19.4 Å². The fourth-order valence-electron chi connectivity index (χ4n) is 3.04. The Kier molecular flexibility index (Phi) is 7.44. The van der Waals surface area contributed by atoms with Crippen molar-refractivity contribution >= 4 is 11.8 Å². The van der Waals surface area contributed by atoms with E-state index in [-0.39, 0.29) is 11.8 Å². The number of nitrogens with zero attached hydrogens (tertiary/aromatic N) is 3. The first-order chi connectivity index (χ1) is 12.0. The molecule has 1 aliphatic rings. The van der Waals surface area contributed by atoms with Gasteiger partial charge in [0.25, 0.3) is 0 Å². The van der Waals surface area contributed by atoms with Gasteiger partial charge in [-0.3, -0.25) is 9.59 Å². The van der Waals surface area contributed by atoms with Crippen LogP contribution < -0.4 is 0 Å². The molecular weight excluding hydrogens is 314 g/mol. The monoisotopic (exact) mass is 345 g/mol. The zero-order chi connectivity index (χ0) is 18.2. The van der Waals surface area contributed by atoms with Crippen LogP contribution in [-0.2, 0) is 16.0 Å². The third-order valence-corrected chi connectivity index (χ3v) is 4.73. The van der Waals surface area contributed by atoms with Gasteiger partial charge in [0.2, 0.25) is 11.8 Å². The molecule has 0 spiro atoms. The number of hydrogen-bond acceptors (Lipinski definition) is 3. The van der Waals surface area contributed by atoms with E-state index >= 15 is 0 Å². The number of hydrogen-bond donors (Lipinski definition) is 0. The molecule has 1 aliphatic heterocycles. The lowest BCUT2D eigenvalue weighted by Crippen LogP contribution is -2.50. The molecule has 5 heteroatoms. The van der Waals surface area contributed by atoms with Crippen LogP contribution in [0.5, 0.6) is 0 Å². The molecule has 0 radical (unpaired) electrons. The second-order valence-electron chi connectivity index (χ2n) is 7.15. The normalized spacial score (nSPS) is 14.9. The highest BCUT2D eigenvalue weighted by atomic mass is 16.2. The van der Waals surface area contributed by atoms with Crippen molar-refractivity contribution in [1.29, 1.82) is 0 Å². The second-order valence-corrected chi connectivity index (χ2v) is 7.15. The van der Waals surface area contributed by atoms with Crippen molar-refractivity contribution in [1.82, 2.24) is 14.7 Å². The SMILES string of the molecule is Cc1ccc(CCCC(=O)N2CCN(C(=O)CCN(C)C)CC2)cc1. The molecule has 1 fully saturated rings. The van der Waals surface area contributed by atoms with Crippen molar-refractivity contribution < 1.29 is 9.59 Å². The van der Waals surface area contributed by atoms with E-state index in [9.17, 15) is 9.59 Å². The average Bonchev–Trinajstić information content (AvgIpc) is 2.61. The van der Waals surface area contributed by atoms with E-state index in [1.807, 2.05) is 28.8 Å². The fourth-order valence-corrected chi connectivity index (χ4v) is 3.04. The van der Waals surface area contributed by atoms with E-state index in [2.05, 4.69) is 31.2 Å². The molecule has 0 atom stereocenters. The van der Waals surface area contributed by atoms with Gasteiger partial charge in [0.05, 0.1) is 0 Å². The topological polar surface area (TPSA) is 43.9 Å². The summed E-state index contributed by atoms with van der Waals surface area (Å²) in [6.07, 6.45) is 2.96. The largest absolute Gasteiger partial charge is 0.339 e. The summed E-state index contributed by atoms with van der Waals surface area (Å²) in [5.74, 6) is 0.410. The molecule has 1 heterocycles. The number of benzene rings is 1. The summed E-state index contributed by atoms with van der Waals surface area (Å²) in [5.41, 5.74) is 2.55. The van der Waals surface area contributed by atoms with E-state index in [1.54, 1.807) is 0 Å². The molecule has 0 saturated carbocycles. The number of rotatable bonds is 7. The van der Waals surface area contributed by atoms with Gasteiger partial charge in [-0.2, -0.15) is 0 Å². The minimum Gasteiger partial charge on any atom is -0.339 e. The molecule has 25 heavy (non-hydrogen) atoms. The predicted octanol–water partition coefficient (Wildman–Crippen LogP) is 1.94. The molecular formula is C20H31N3O2. The Hall–Kier alpha value is -1.88. The second kappa shape index (κ2) is 9.56. The highest BCUT2D eigenvalue weighted by molar-refractivity contribution is 5.78. The van der Waals surface area contributed by atoms with Crippen molar-refractivity contribution in [3.63, 3.8) is 0 Å². The Morgan fingerprint density at radius 2 is 1.44 bits per heavy atom. The van der Waals surface area contributed by atoms with Crippen molar-refractivity contribution in [2.75, 3.05) is 46.8 Å². The minimum atomic E-state index is 0.195. The number of amides is 2. The van der Waals surface area contributed by atoms with E-state index in [1.165, 1.54) is 11.1 Å². The Balaban J connectivity index is 1.66. The first-order valence-corrected chi connectivity index (χ1v) is 9.21. The van der Waals surface area contributed by atoms with Crippen LogP contribution in [0.25, 0.3) is 0 Å². The van der Waals surface area contributed by atoms with E-state index in [0.29, 0.717) is 39.0 Å². The van der Waals surface area contributed by atoms with Gasteiger partial charge in [0.15, 0.2) is 0 Å². The van der Waals surface area contributed by atoms with Crippen LogP contribution in [-0.4, -0.2) is 73.3 Å². The van der Waals surface area contributed by atoms with Gasteiger partial charge in [-0.25, -0.2) is 0 Å². The zero-order valence-corrected chi connectivity index (χ0v) is 15.8. The first kappa shape index (κ1) is 19.4. The van der Waals surface area contributed by atoms with Crippen molar-refractivity contribution in [3.8, 4) is 0 Å². The number of piperazine rings is 1. The lowest BCUT2D eigenvalue weighted by Gasteiger charge is -2.35. The molecule has 0 aromatic heterocycles. The van der Waals surface area contributed by atoms with Crippen LogP contribution in [0.3, 0.4) is 0 Å². The van der Waals surface area contributed by atoms with Crippen LogP contribution in [0.15, 0.2) is 24.3 Å². The summed E-state index contributed by atoms with van der Waals surface area (Å²) in [4.78, 5) is 30.3. The molecule has 0 N–H and O–H groups in total. The third kappa shape index (κ3) is 6.50. The lowest BCUT2D eigenvalue weighted by atomic mass is 10.1. The van der Waals surface area contributed by atoms with Crippen molar-refractivity contribution in [2.24, 2.45) is 0 Å². The lowest BCUT2D eigenvalue weighted by molar-refractivity contribution is -0.139. The molecule has 5 nitrogen and oxygen atoms in total. The molecule has 2 rings (SSSR count). The zero-order valence-electron chi connectivity index (χ0n) is 15.8. The summed E-state index contributed by atoms with van der Waals surface area (Å²) in [7, 11) is 3.95. The highest BCUT2D eigenvalue weighted by Gasteiger charge is 2.23. The molecule has 0 bridgehead atoms. The maximum atomic E-state index is 12.3. The fraction of sp³-hybridized carbons (Fsp3) is 0.600. The van der Waals surface area contributed by atoms with E-state index < -0.39 is 0 Å². The molecule has 1 saturated heterocycles. The smallest absolute Gasteiger partial charge is 0.223 e. The third-order valence-electron chi connectivity index (χ3n) is 4.73. The van der Waals surface area contributed by atoms with Crippen LogP contribution in [0, 0.1) is 6.92 Å². The highest BCUT2D eigenvalue weighted by Crippen LogP contribution is 2.10. The van der Waals surface area contributed by atoms with Gasteiger partial charge in [0, 0.05) is 45.6 Å². The van der Waals surface area contributed by atoms with Gasteiger partial charge >= 0.3 is 0 Å². The maximum absolute atomic E-state index is 12.3. The Bertz CT molecular complexity index is 561. The molecule has 138 valence electrons. The number of carbonyl (C=O) groups is 2. The number of carbonyl (C=O) groups excluding carboxylic acids is 2. The molecule has 2 amide bonds. The van der Waals surface area contributed by atoms with Gasteiger partial charge in [-0.1, -0.05) is 29.8 Å². The van der Waals surface area contributed by atoms with Crippen molar-refractivity contribution in [2.45, 2.75) is 32.6 Å². The average molecular weight is 345 g/mol. The molecule has 1 aromatic rings. The summed E-state index contributed by atoms with van der Waals surface area (Å²) in [6, 6.07) is 8.50. The molecule has 1 aromatic carbocycles. The van der Waals surface area contributed by atoms with Crippen LogP contribution >= 0.6 is 0 Å². The number of aryl methyl sites for hydroxylation is 2. The first-order valence-electron chi connectivity index (χ1n) is 9.21. The maximum Gasteiger partial charge on any atom is 0.223 e. The summed E-state index contributed by atoms with van der Waals surface area (Å²) >= 11 is 0. The summed E-state index contributed by atoms with van der Waals surface area (Å²) in [6.45, 7) is 5.51. The quantitative estimate of drug-likeness (QED) is 0.759. The summed E-state index contributed by atoms with van der Waals surface area (Å²) < 4.78 is 0. The standard InChI is InChI=1S/C20H31N3O2/c1-17-7-9-18(10-8-17)5-4-6-19(24)22-13-15-23(16-14-22)20(25)11-12-21(2)3/h7-10H,4-6,11-16H2,1-3H3. The van der Waals surface area contributed by atoms with Gasteiger partial charge < -0.3 is 14.7 Å². The van der Waals surface area contributed by atoms with Gasteiger partial charge in [-0.15, -0.1) is 0 Å². The van der Waals surface area contributed by atoms with Gasteiger partial charge in [0.1, 0.15) is 0 Å². The van der Waals surface area contributed by atoms with Crippen LogP contribution in [0.1, 0.15) is 30.4 Å². The van der Waals surface area contributed by atoms with Crippen LogP contribution in [0.2, 0.25) is 0 Å². The van der Waals surface area contributed by atoms with E-state index in [4.69, 9.17) is 0 Å². The predicted molar refractivity (Wildman–Crippen MR) is 100 cm³/mol. The Morgan fingerprint density at radius 1 is 0.920 bits per heavy atom.